The van der Waals surface area contributed by atoms with Crippen molar-refractivity contribution in [2.75, 3.05) is 0 Å². The lowest BCUT2D eigenvalue weighted by atomic mass is 10.1. The van der Waals surface area contributed by atoms with Crippen molar-refractivity contribution in [2.45, 2.75) is 6.18 Å². The van der Waals surface area contributed by atoms with E-state index in [0.29, 0.717) is 5.39 Å². The number of hydrogen-bond acceptors (Lipinski definition) is 3. The van der Waals surface area contributed by atoms with E-state index in [4.69, 9.17) is 0 Å². The molecule has 0 aliphatic rings. The maximum absolute atomic E-state index is 12.5. The summed E-state index contributed by atoms with van der Waals surface area (Å²) in [7, 11) is 0. The van der Waals surface area contributed by atoms with E-state index >= 15 is 0 Å². The minimum atomic E-state index is -4.68. The van der Waals surface area contributed by atoms with Gasteiger partial charge in [-0.3, -0.25) is 4.79 Å². The van der Waals surface area contributed by atoms with E-state index in [1.807, 2.05) is 0 Å². The van der Waals surface area contributed by atoms with Crippen LogP contribution in [0.5, 0.6) is 0 Å². The molecular formula is C10H4F3N2O. The Hall–Kier alpha value is -1.98. The fourth-order valence-electron chi connectivity index (χ4n) is 1.30. The van der Waals surface area contributed by atoms with Crippen molar-refractivity contribution in [1.82, 2.24) is 9.97 Å². The first-order valence-electron chi connectivity index (χ1n) is 4.23. The van der Waals surface area contributed by atoms with Crippen molar-refractivity contribution in [3.05, 3.63) is 35.7 Å². The summed E-state index contributed by atoms with van der Waals surface area (Å²) in [5, 5.41) is 0.369. The van der Waals surface area contributed by atoms with Crippen LogP contribution in [0.15, 0.2) is 24.4 Å². The van der Waals surface area contributed by atoms with E-state index in [-0.39, 0.29) is 5.65 Å². The number of nitrogens with zero attached hydrogens (tertiary/aromatic N) is 2. The van der Waals surface area contributed by atoms with E-state index in [0.717, 1.165) is 6.07 Å². The van der Waals surface area contributed by atoms with Gasteiger partial charge in [-0.15, -0.1) is 0 Å². The molecular weight excluding hydrogens is 221 g/mol. The fourth-order valence-corrected chi connectivity index (χ4v) is 1.30. The average molecular weight is 225 g/mol. The van der Waals surface area contributed by atoms with Crippen LogP contribution in [-0.4, -0.2) is 16.3 Å². The van der Waals surface area contributed by atoms with Gasteiger partial charge in [0.1, 0.15) is 0 Å². The molecule has 0 amide bonds. The Morgan fingerprint density at radius 3 is 2.69 bits per heavy atom. The van der Waals surface area contributed by atoms with Crippen molar-refractivity contribution in [3.8, 4) is 0 Å². The summed E-state index contributed by atoms with van der Waals surface area (Å²) >= 11 is 0. The fraction of sp³-hybridized carbons (Fsp3) is 0.100. The normalized spacial score (nSPS) is 11.7. The molecule has 2 heterocycles. The lowest BCUT2D eigenvalue weighted by Crippen LogP contribution is -2.12. The third-order valence-corrected chi connectivity index (χ3v) is 1.97. The summed E-state index contributed by atoms with van der Waals surface area (Å²) in [6.45, 7) is 0. The maximum atomic E-state index is 12.5. The third-order valence-electron chi connectivity index (χ3n) is 1.97. The number of pyridine rings is 2. The van der Waals surface area contributed by atoms with Crippen LogP contribution < -0.4 is 0 Å². The van der Waals surface area contributed by atoms with E-state index < -0.39 is 17.4 Å². The topological polar surface area (TPSA) is 42.9 Å². The molecule has 0 aliphatic carbocycles. The highest BCUT2D eigenvalue weighted by Crippen LogP contribution is 2.31. The summed E-state index contributed by atoms with van der Waals surface area (Å²) in [6.07, 6.45) is -2.11. The minimum absolute atomic E-state index is 0.0474. The smallest absolute Gasteiger partial charge is 0.285 e. The standard InChI is InChI=1S/C10H4F3N2O/c11-10(12,13)8-7(5-16)4-6-2-1-3-14-9(6)15-8/h1-4H. The van der Waals surface area contributed by atoms with Gasteiger partial charge in [0.15, 0.2) is 11.3 Å². The zero-order chi connectivity index (χ0) is 11.8. The van der Waals surface area contributed by atoms with Crippen LogP contribution in [0.3, 0.4) is 0 Å². The van der Waals surface area contributed by atoms with Gasteiger partial charge >= 0.3 is 6.18 Å². The summed E-state index contributed by atoms with van der Waals surface area (Å²) in [5.74, 6) is 0. The Balaban J connectivity index is 2.77. The van der Waals surface area contributed by atoms with Crippen LogP contribution in [0.2, 0.25) is 0 Å². The number of hydrogen-bond donors (Lipinski definition) is 0. The SMILES string of the molecule is O=[C]c1cc2cccnc2nc1C(F)(F)F. The molecule has 0 N–H and O–H groups in total. The van der Waals surface area contributed by atoms with Gasteiger partial charge in [0.25, 0.3) is 0 Å². The van der Waals surface area contributed by atoms with Crippen molar-refractivity contribution in [3.63, 3.8) is 0 Å². The molecule has 0 saturated heterocycles. The Labute approximate surface area is 87.9 Å². The van der Waals surface area contributed by atoms with Gasteiger partial charge in [-0.1, -0.05) is 0 Å². The summed E-state index contributed by atoms with van der Waals surface area (Å²) in [5.41, 5.74) is -1.91. The molecule has 3 nitrogen and oxygen atoms in total. The summed E-state index contributed by atoms with van der Waals surface area (Å²) in [4.78, 5) is 17.4. The molecule has 6 heteroatoms. The van der Waals surface area contributed by atoms with E-state index in [1.165, 1.54) is 18.5 Å². The number of rotatable bonds is 1. The first kappa shape index (κ1) is 10.5. The third kappa shape index (κ3) is 1.73. The van der Waals surface area contributed by atoms with Gasteiger partial charge in [0.05, 0.1) is 5.56 Å². The lowest BCUT2D eigenvalue weighted by molar-refractivity contribution is -0.141. The molecule has 0 saturated carbocycles. The molecule has 0 spiro atoms. The molecule has 0 aliphatic heterocycles. The lowest BCUT2D eigenvalue weighted by Gasteiger charge is -2.08. The highest BCUT2D eigenvalue weighted by Gasteiger charge is 2.36. The average Bonchev–Trinajstić information content (AvgIpc) is 2.26. The van der Waals surface area contributed by atoms with Crippen molar-refractivity contribution >= 4 is 17.3 Å². The minimum Gasteiger partial charge on any atom is -0.285 e. The molecule has 0 unspecified atom stereocenters. The van der Waals surface area contributed by atoms with Crippen LogP contribution >= 0.6 is 0 Å². The number of carbonyl (C=O) groups excluding carboxylic acids is 1. The van der Waals surface area contributed by atoms with Gasteiger partial charge in [-0.2, -0.15) is 13.2 Å². The highest BCUT2D eigenvalue weighted by atomic mass is 19.4. The van der Waals surface area contributed by atoms with Gasteiger partial charge < -0.3 is 0 Å². The van der Waals surface area contributed by atoms with E-state index in [9.17, 15) is 18.0 Å². The summed E-state index contributed by atoms with van der Waals surface area (Å²) in [6, 6.07) is 4.15. The molecule has 2 rings (SSSR count). The molecule has 0 atom stereocenters. The number of alkyl halides is 3. The first-order valence-corrected chi connectivity index (χ1v) is 4.23. The highest BCUT2D eigenvalue weighted by molar-refractivity contribution is 5.85. The van der Waals surface area contributed by atoms with Gasteiger partial charge in [0, 0.05) is 11.6 Å². The van der Waals surface area contributed by atoms with Crippen molar-refractivity contribution in [1.29, 1.82) is 0 Å². The Morgan fingerprint density at radius 1 is 1.31 bits per heavy atom. The second-order valence-corrected chi connectivity index (χ2v) is 3.03. The summed E-state index contributed by atoms with van der Waals surface area (Å²) < 4.78 is 37.5. The first-order chi connectivity index (χ1) is 7.52. The molecule has 16 heavy (non-hydrogen) atoms. The molecule has 2 aromatic heterocycles. The number of aromatic nitrogens is 2. The van der Waals surface area contributed by atoms with Gasteiger partial charge in [-0.05, 0) is 18.2 Å². The van der Waals surface area contributed by atoms with Crippen molar-refractivity contribution < 1.29 is 18.0 Å². The van der Waals surface area contributed by atoms with Crippen LogP contribution in [0, 0.1) is 0 Å². The number of halogens is 3. The Bertz CT molecular complexity index is 551. The second-order valence-electron chi connectivity index (χ2n) is 3.03. The Morgan fingerprint density at radius 2 is 2.06 bits per heavy atom. The van der Waals surface area contributed by atoms with Gasteiger partial charge in [0.2, 0.25) is 6.29 Å². The van der Waals surface area contributed by atoms with Crippen molar-refractivity contribution in [2.24, 2.45) is 0 Å². The number of fused-ring (bicyclic) bond motifs is 1. The monoisotopic (exact) mass is 225 g/mol. The van der Waals surface area contributed by atoms with Crippen LogP contribution in [0.4, 0.5) is 13.2 Å². The van der Waals surface area contributed by atoms with E-state index in [1.54, 1.807) is 6.07 Å². The molecule has 81 valence electrons. The molecule has 2 aromatic rings. The second kappa shape index (κ2) is 3.55. The molecule has 0 aromatic carbocycles. The largest absolute Gasteiger partial charge is 0.434 e. The zero-order valence-corrected chi connectivity index (χ0v) is 7.75. The Kier molecular flexibility index (Phi) is 2.34. The van der Waals surface area contributed by atoms with Crippen LogP contribution in [-0.2, 0) is 11.0 Å². The predicted molar refractivity (Wildman–Crippen MR) is 49.3 cm³/mol. The maximum Gasteiger partial charge on any atom is 0.434 e. The quantitative estimate of drug-likeness (QED) is 0.746. The molecule has 0 bridgehead atoms. The van der Waals surface area contributed by atoms with E-state index in [2.05, 4.69) is 9.97 Å². The molecule has 1 radical (unpaired) electrons. The van der Waals surface area contributed by atoms with Gasteiger partial charge in [-0.25, -0.2) is 9.97 Å². The predicted octanol–water partition coefficient (Wildman–Crippen LogP) is 2.11. The molecule has 0 fully saturated rings. The van der Waals surface area contributed by atoms with Crippen LogP contribution in [0.25, 0.3) is 11.0 Å². The zero-order valence-electron chi connectivity index (χ0n) is 7.75. The van der Waals surface area contributed by atoms with Crippen LogP contribution in [0.1, 0.15) is 11.3 Å².